The summed E-state index contributed by atoms with van der Waals surface area (Å²) in [6.45, 7) is 2.78. The van der Waals surface area contributed by atoms with Crippen LogP contribution in [0.3, 0.4) is 0 Å². The molecule has 0 unspecified atom stereocenters. The number of aromatic nitrogens is 2. The van der Waals surface area contributed by atoms with Crippen LogP contribution >= 0.6 is 39.7 Å². The van der Waals surface area contributed by atoms with Crippen LogP contribution in [0.2, 0.25) is 5.02 Å². The molecule has 0 radical (unpaired) electrons. The van der Waals surface area contributed by atoms with E-state index in [2.05, 4.69) is 31.7 Å². The second-order valence-corrected chi connectivity index (χ2v) is 8.30. The third-order valence-corrected chi connectivity index (χ3v) is 5.95. The van der Waals surface area contributed by atoms with Gasteiger partial charge in [0.05, 0.1) is 10.2 Å². The molecule has 1 saturated carbocycles. The molecular weight excluding hydrogens is 477 g/mol. The van der Waals surface area contributed by atoms with Crippen LogP contribution < -0.4 is 10.6 Å². The Balaban J connectivity index is 1.55. The normalized spacial score (nSPS) is 14.2. The Morgan fingerprint density at radius 2 is 2.11 bits per heavy atom. The lowest BCUT2D eigenvalue weighted by Crippen LogP contribution is -2.30. The summed E-state index contributed by atoms with van der Waals surface area (Å²) in [7, 11) is 0. The molecule has 1 aliphatic carbocycles. The van der Waals surface area contributed by atoms with Gasteiger partial charge in [0.25, 0.3) is 0 Å². The van der Waals surface area contributed by atoms with E-state index in [4.69, 9.17) is 23.8 Å². The molecule has 0 saturated heterocycles. The number of hydrogen-bond donors (Lipinski definition) is 2. The molecule has 10 heteroatoms. The number of thiocarbonyl (C=S) groups is 1. The maximum Gasteiger partial charge on any atom is 0.436 e. The average Bonchev–Trinajstić information content (AvgIpc) is 3.38. The number of anilines is 1. The van der Waals surface area contributed by atoms with Crippen LogP contribution in [0.4, 0.5) is 18.9 Å². The highest BCUT2D eigenvalue weighted by Gasteiger charge is 2.41. The van der Waals surface area contributed by atoms with Crippen molar-refractivity contribution in [3.63, 3.8) is 0 Å². The second-order valence-electron chi connectivity index (χ2n) is 6.69. The lowest BCUT2D eigenvalue weighted by molar-refractivity contribution is -0.142. The fourth-order valence-corrected chi connectivity index (χ4v) is 4.11. The summed E-state index contributed by atoms with van der Waals surface area (Å²) < 4.78 is 41.0. The van der Waals surface area contributed by atoms with Gasteiger partial charge in [-0.3, -0.25) is 4.68 Å². The maximum absolute atomic E-state index is 13.1. The summed E-state index contributed by atoms with van der Waals surface area (Å²) in [4.78, 5) is 0. The molecule has 0 aliphatic heterocycles. The predicted octanol–water partition coefficient (Wildman–Crippen LogP) is 5.88. The minimum absolute atomic E-state index is 0.0732. The Bertz CT molecular complexity index is 880. The molecule has 3 rings (SSSR count). The van der Waals surface area contributed by atoms with Gasteiger partial charge in [0.15, 0.2) is 10.8 Å². The molecular formula is C18H19BrClF3N4S. The quantitative estimate of drug-likeness (QED) is 0.388. The van der Waals surface area contributed by atoms with Crippen LogP contribution in [0.25, 0.3) is 0 Å². The summed E-state index contributed by atoms with van der Waals surface area (Å²) in [5, 5.41) is 11.0. The highest BCUT2D eigenvalue weighted by Crippen LogP contribution is 2.47. The van der Waals surface area contributed by atoms with Gasteiger partial charge in [0, 0.05) is 29.7 Å². The van der Waals surface area contributed by atoms with E-state index in [0.29, 0.717) is 35.3 Å². The highest BCUT2D eigenvalue weighted by molar-refractivity contribution is 9.10. The first-order valence-electron chi connectivity index (χ1n) is 8.82. The number of aryl methyl sites for hydroxylation is 1. The van der Waals surface area contributed by atoms with Crippen molar-refractivity contribution in [2.75, 3.05) is 11.9 Å². The SMILES string of the molecule is Cc1c(Cl)cccc1NC(=S)NCCCn1nc(C(F)(F)F)c(Br)c1C1CC1. The Labute approximate surface area is 180 Å². The Morgan fingerprint density at radius 1 is 1.39 bits per heavy atom. The van der Waals surface area contributed by atoms with Crippen molar-refractivity contribution in [1.82, 2.24) is 15.1 Å². The van der Waals surface area contributed by atoms with Gasteiger partial charge in [-0.2, -0.15) is 18.3 Å². The third-order valence-electron chi connectivity index (χ3n) is 4.51. The van der Waals surface area contributed by atoms with E-state index in [1.807, 2.05) is 19.1 Å². The first-order valence-corrected chi connectivity index (χ1v) is 10.4. The zero-order valence-corrected chi connectivity index (χ0v) is 18.2. The molecule has 152 valence electrons. The van der Waals surface area contributed by atoms with Crippen molar-refractivity contribution in [1.29, 1.82) is 0 Å². The van der Waals surface area contributed by atoms with Crippen LogP contribution in [0.15, 0.2) is 22.7 Å². The molecule has 2 N–H and O–H groups in total. The van der Waals surface area contributed by atoms with Gasteiger partial charge in [-0.15, -0.1) is 0 Å². The Morgan fingerprint density at radius 3 is 2.75 bits per heavy atom. The van der Waals surface area contributed by atoms with Gasteiger partial charge in [0.1, 0.15) is 0 Å². The summed E-state index contributed by atoms with van der Waals surface area (Å²) in [6.07, 6.45) is -2.09. The largest absolute Gasteiger partial charge is 0.436 e. The molecule has 1 aromatic heterocycles. The molecule has 1 aromatic carbocycles. The van der Waals surface area contributed by atoms with Gasteiger partial charge in [-0.1, -0.05) is 17.7 Å². The third kappa shape index (κ3) is 4.99. The molecule has 2 aromatic rings. The minimum Gasteiger partial charge on any atom is -0.362 e. The van der Waals surface area contributed by atoms with E-state index in [1.54, 1.807) is 6.07 Å². The van der Waals surface area contributed by atoms with Gasteiger partial charge >= 0.3 is 6.18 Å². The topological polar surface area (TPSA) is 41.9 Å². The fourth-order valence-electron chi connectivity index (χ4n) is 2.89. The van der Waals surface area contributed by atoms with Crippen molar-refractivity contribution in [3.05, 3.63) is 44.6 Å². The van der Waals surface area contributed by atoms with Crippen molar-refractivity contribution < 1.29 is 13.2 Å². The standard InChI is InChI=1S/C18H19BrClF3N4S/c1-10-12(20)4-2-5-13(10)25-17(28)24-8-3-9-27-15(11-6-7-11)14(19)16(26-27)18(21,22)23/h2,4-5,11H,3,6-9H2,1H3,(H2,24,25,28). The number of alkyl halides is 3. The molecule has 28 heavy (non-hydrogen) atoms. The first-order chi connectivity index (χ1) is 13.2. The molecule has 0 spiro atoms. The van der Waals surface area contributed by atoms with Crippen LogP contribution in [0.5, 0.6) is 0 Å². The van der Waals surface area contributed by atoms with Gasteiger partial charge < -0.3 is 10.6 Å². The maximum atomic E-state index is 13.1. The molecule has 1 fully saturated rings. The summed E-state index contributed by atoms with van der Waals surface area (Å²) in [6, 6.07) is 5.50. The number of hydrogen-bond acceptors (Lipinski definition) is 2. The van der Waals surface area contributed by atoms with Crippen molar-refractivity contribution in [2.45, 2.75) is 44.8 Å². The number of nitrogens with zero attached hydrogens (tertiary/aromatic N) is 2. The monoisotopic (exact) mass is 494 g/mol. The lowest BCUT2D eigenvalue weighted by atomic mass is 10.2. The van der Waals surface area contributed by atoms with Crippen LogP contribution in [0, 0.1) is 6.92 Å². The number of rotatable bonds is 6. The van der Waals surface area contributed by atoms with E-state index in [-0.39, 0.29) is 10.4 Å². The van der Waals surface area contributed by atoms with Crippen molar-refractivity contribution >= 4 is 50.5 Å². The predicted molar refractivity (Wildman–Crippen MR) is 112 cm³/mol. The summed E-state index contributed by atoms with van der Waals surface area (Å²) in [5.41, 5.74) is 1.49. The van der Waals surface area contributed by atoms with E-state index < -0.39 is 11.9 Å². The molecule has 0 amide bonds. The zero-order chi connectivity index (χ0) is 20.5. The molecule has 0 atom stereocenters. The van der Waals surface area contributed by atoms with E-state index >= 15 is 0 Å². The van der Waals surface area contributed by atoms with Crippen LogP contribution in [0.1, 0.15) is 42.1 Å². The number of nitrogens with one attached hydrogen (secondary N) is 2. The number of halogens is 5. The van der Waals surface area contributed by atoms with E-state index in [9.17, 15) is 13.2 Å². The van der Waals surface area contributed by atoms with Crippen LogP contribution in [-0.4, -0.2) is 21.4 Å². The van der Waals surface area contributed by atoms with E-state index in [1.165, 1.54) is 4.68 Å². The Hall–Kier alpha value is -1.32. The summed E-state index contributed by atoms with van der Waals surface area (Å²) in [5.74, 6) is 0.152. The average molecular weight is 496 g/mol. The highest BCUT2D eigenvalue weighted by atomic mass is 79.9. The number of benzene rings is 1. The van der Waals surface area contributed by atoms with Crippen molar-refractivity contribution in [3.8, 4) is 0 Å². The molecule has 1 aliphatic rings. The zero-order valence-electron chi connectivity index (χ0n) is 15.0. The molecule has 4 nitrogen and oxygen atoms in total. The minimum atomic E-state index is -4.47. The fraction of sp³-hybridized carbons (Fsp3) is 0.444. The van der Waals surface area contributed by atoms with Crippen molar-refractivity contribution in [2.24, 2.45) is 0 Å². The second kappa shape index (κ2) is 8.59. The summed E-state index contributed by atoms with van der Waals surface area (Å²) >= 11 is 14.5. The van der Waals surface area contributed by atoms with Crippen LogP contribution in [-0.2, 0) is 12.7 Å². The first kappa shape index (κ1) is 21.4. The van der Waals surface area contributed by atoms with E-state index in [0.717, 1.165) is 24.1 Å². The van der Waals surface area contributed by atoms with Gasteiger partial charge in [0.2, 0.25) is 0 Å². The van der Waals surface area contributed by atoms with Gasteiger partial charge in [-0.25, -0.2) is 0 Å². The lowest BCUT2D eigenvalue weighted by Gasteiger charge is -2.13. The smallest absolute Gasteiger partial charge is 0.362 e. The Kier molecular flexibility index (Phi) is 6.56. The molecule has 1 heterocycles. The van der Waals surface area contributed by atoms with Gasteiger partial charge in [-0.05, 0) is 72.0 Å². The molecule has 0 bridgehead atoms.